The van der Waals surface area contributed by atoms with Gasteiger partial charge in [0.2, 0.25) is 5.91 Å². The molecule has 0 spiro atoms. The number of para-hydroxylation sites is 1. The minimum Gasteiger partial charge on any atom is -0.383 e. The molecule has 0 bridgehead atoms. The van der Waals surface area contributed by atoms with Gasteiger partial charge in [0, 0.05) is 31.1 Å². The first-order valence-electron chi connectivity index (χ1n) is 7.66. The maximum Gasteiger partial charge on any atom is 0.221 e. The van der Waals surface area contributed by atoms with Crippen LogP contribution in [-0.4, -0.2) is 49.5 Å². The highest BCUT2D eigenvalue weighted by atomic mass is 16.1. The van der Waals surface area contributed by atoms with E-state index in [0.29, 0.717) is 13.0 Å². The van der Waals surface area contributed by atoms with Crippen molar-refractivity contribution in [2.24, 2.45) is 0 Å². The number of hydrogen-bond donors (Lipinski definition) is 2. The fourth-order valence-electron chi connectivity index (χ4n) is 2.27. The van der Waals surface area contributed by atoms with Gasteiger partial charge in [-0.15, -0.1) is 0 Å². The molecule has 2 aromatic rings. The summed E-state index contributed by atoms with van der Waals surface area (Å²) in [7, 11) is 4.06. The van der Waals surface area contributed by atoms with E-state index in [-0.39, 0.29) is 5.91 Å². The van der Waals surface area contributed by atoms with Crippen LogP contribution in [0.5, 0.6) is 0 Å². The zero-order chi connectivity index (χ0) is 15.8. The second-order valence-electron chi connectivity index (χ2n) is 5.56. The van der Waals surface area contributed by atoms with Crippen LogP contribution >= 0.6 is 0 Å². The molecule has 118 valence electrons. The number of nitrogens with zero attached hydrogens (tertiary/aromatic N) is 2. The molecular formula is C17H24N4O. The predicted octanol–water partition coefficient (Wildman–Crippen LogP) is 2.10. The smallest absolute Gasteiger partial charge is 0.221 e. The van der Waals surface area contributed by atoms with E-state index in [4.69, 9.17) is 0 Å². The van der Waals surface area contributed by atoms with E-state index >= 15 is 0 Å². The van der Waals surface area contributed by atoms with Gasteiger partial charge in [-0.3, -0.25) is 9.78 Å². The summed E-state index contributed by atoms with van der Waals surface area (Å²) in [5.74, 6) is 0.0828. The van der Waals surface area contributed by atoms with Crippen LogP contribution in [0.3, 0.4) is 0 Å². The third kappa shape index (κ3) is 5.00. The van der Waals surface area contributed by atoms with Crippen LogP contribution < -0.4 is 10.6 Å². The van der Waals surface area contributed by atoms with Crippen molar-refractivity contribution < 1.29 is 4.79 Å². The number of pyridine rings is 1. The number of aromatic nitrogens is 1. The fraction of sp³-hybridized carbons (Fsp3) is 0.412. The first-order valence-corrected chi connectivity index (χ1v) is 7.66. The lowest BCUT2D eigenvalue weighted by Crippen LogP contribution is -2.28. The molecular weight excluding hydrogens is 276 g/mol. The molecule has 0 fully saturated rings. The number of amides is 1. The maximum atomic E-state index is 11.8. The van der Waals surface area contributed by atoms with Crippen molar-refractivity contribution >= 4 is 22.5 Å². The molecule has 0 aliphatic heterocycles. The Labute approximate surface area is 131 Å². The van der Waals surface area contributed by atoms with Crippen LogP contribution in [0.2, 0.25) is 0 Å². The first kappa shape index (κ1) is 16.2. The van der Waals surface area contributed by atoms with Crippen LogP contribution in [-0.2, 0) is 4.79 Å². The molecule has 1 heterocycles. The summed E-state index contributed by atoms with van der Waals surface area (Å²) < 4.78 is 0. The molecule has 2 N–H and O–H groups in total. The quantitative estimate of drug-likeness (QED) is 0.733. The van der Waals surface area contributed by atoms with Crippen LogP contribution in [0.1, 0.15) is 12.8 Å². The van der Waals surface area contributed by atoms with Crippen molar-refractivity contribution in [3.8, 4) is 0 Å². The Hall–Kier alpha value is -2.14. The predicted molar refractivity (Wildman–Crippen MR) is 91.0 cm³/mol. The van der Waals surface area contributed by atoms with Crippen LogP contribution in [0.25, 0.3) is 10.9 Å². The highest BCUT2D eigenvalue weighted by Crippen LogP contribution is 2.20. The van der Waals surface area contributed by atoms with Gasteiger partial charge in [0.1, 0.15) is 0 Å². The molecule has 0 radical (unpaired) electrons. The lowest BCUT2D eigenvalue weighted by molar-refractivity contribution is -0.120. The molecule has 22 heavy (non-hydrogen) atoms. The average Bonchev–Trinajstić information content (AvgIpc) is 2.52. The summed E-state index contributed by atoms with van der Waals surface area (Å²) in [5.41, 5.74) is 1.91. The third-order valence-electron chi connectivity index (χ3n) is 3.40. The van der Waals surface area contributed by atoms with E-state index in [2.05, 4.69) is 20.5 Å². The molecule has 5 heteroatoms. The van der Waals surface area contributed by atoms with E-state index in [9.17, 15) is 4.79 Å². The largest absolute Gasteiger partial charge is 0.383 e. The Morgan fingerprint density at radius 3 is 2.82 bits per heavy atom. The number of benzene rings is 1. The van der Waals surface area contributed by atoms with Gasteiger partial charge in [-0.1, -0.05) is 18.2 Å². The zero-order valence-corrected chi connectivity index (χ0v) is 13.3. The number of carbonyl (C=O) groups excluding carboxylic acids is 1. The summed E-state index contributed by atoms with van der Waals surface area (Å²) in [6.45, 7) is 2.32. The Morgan fingerprint density at radius 1 is 1.18 bits per heavy atom. The number of rotatable bonds is 8. The second kappa shape index (κ2) is 8.34. The van der Waals surface area contributed by atoms with Crippen LogP contribution in [0, 0.1) is 0 Å². The van der Waals surface area contributed by atoms with Gasteiger partial charge < -0.3 is 15.5 Å². The molecule has 2 rings (SSSR count). The molecule has 5 nitrogen and oxygen atoms in total. The highest BCUT2D eigenvalue weighted by Gasteiger charge is 2.03. The van der Waals surface area contributed by atoms with Crippen molar-refractivity contribution in [2.75, 3.05) is 39.0 Å². The van der Waals surface area contributed by atoms with Crippen molar-refractivity contribution in [1.82, 2.24) is 15.2 Å². The van der Waals surface area contributed by atoms with E-state index in [1.807, 2.05) is 44.4 Å². The number of hydrogen-bond acceptors (Lipinski definition) is 4. The molecule has 0 aliphatic rings. The lowest BCUT2D eigenvalue weighted by Gasteiger charge is -2.11. The average molecular weight is 300 g/mol. The normalized spacial score (nSPS) is 10.9. The Balaban J connectivity index is 1.75. The monoisotopic (exact) mass is 300 g/mol. The van der Waals surface area contributed by atoms with Crippen molar-refractivity contribution in [3.63, 3.8) is 0 Å². The maximum absolute atomic E-state index is 11.8. The fourth-order valence-corrected chi connectivity index (χ4v) is 2.27. The third-order valence-corrected chi connectivity index (χ3v) is 3.40. The Kier molecular flexibility index (Phi) is 6.15. The van der Waals surface area contributed by atoms with Gasteiger partial charge in [-0.2, -0.15) is 0 Å². The second-order valence-corrected chi connectivity index (χ2v) is 5.56. The molecule has 0 saturated heterocycles. The van der Waals surface area contributed by atoms with Gasteiger partial charge in [0.05, 0.1) is 11.2 Å². The summed E-state index contributed by atoms with van der Waals surface area (Å²) in [4.78, 5) is 18.3. The van der Waals surface area contributed by atoms with E-state index in [1.54, 1.807) is 6.20 Å². The van der Waals surface area contributed by atoms with Gasteiger partial charge in [-0.25, -0.2) is 0 Å². The summed E-state index contributed by atoms with van der Waals surface area (Å²) in [6.07, 6.45) is 3.22. The van der Waals surface area contributed by atoms with E-state index in [1.165, 1.54) is 0 Å². The summed E-state index contributed by atoms with van der Waals surface area (Å²) >= 11 is 0. The number of anilines is 1. The Bertz CT molecular complexity index is 607. The van der Waals surface area contributed by atoms with Gasteiger partial charge in [-0.05, 0) is 39.2 Å². The van der Waals surface area contributed by atoms with Gasteiger partial charge in [0.15, 0.2) is 0 Å². The SMILES string of the molecule is CN(C)CCCNC(=O)CCNc1cccc2cccnc12. The van der Waals surface area contributed by atoms with E-state index in [0.717, 1.165) is 36.1 Å². The number of carbonyl (C=O) groups is 1. The van der Waals surface area contributed by atoms with Crippen molar-refractivity contribution in [1.29, 1.82) is 0 Å². The molecule has 0 unspecified atom stereocenters. The minimum atomic E-state index is 0.0828. The standard InChI is InChI=1S/C17H24N4O/c1-21(2)13-5-11-19-16(22)9-12-18-15-8-3-6-14-7-4-10-20-17(14)15/h3-4,6-8,10,18H,5,9,11-13H2,1-2H3,(H,19,22). The number of nitrogens with one attached hydrogen (secondary N) is 2. The zero-order valence-electron chi connectivity index (χ0n) is 13.3. The highest BCUT2D eigenvalue weighted by molar-refractivity contribution is 5.90. The summed E-state index contributed by atoms with van der Waals surface area (Å²) in [6, 6.07) is 9.97. The molecule has 0 saturated carbocycles. The van der Waals surface area contributed by atoms with Gasteiger partial charge in [0.25, 0.3) is 0 Å². The lowest BCUT2D eigenvalue weighted by atomic mass is 10.2. The van der Waals surface area contributed by atoms with Crippen LogP contribution in [0.4, 0.5) is 5.69 Å². The minimum absolute atomic E-state index is 0.0828. The molecule has 0 atom stereocenters. The van der Waals surface area contributed by atoms with Crippen molar-refractivity contribution in [2.45, 2.75) is 12.8 Å². The molecule has 0 aliphatic carbocycles. The first-order chi connectivity index (χ1) is 10.7. The molecule has 1 aromatic heterocycles. The Morgan fingerprint density at radius 2 is 2.00 bits per heavy atom. The molecule has 1 amide bonds. The van der Waals surface area contributed by atoms with Gasteiger partial charge >= 0.3 is 0 Å². The molecule has 1 aromatic carbocycles. The topological polar surface area (TPSA) is 57.3 Å². The van der Waals surface area contributed by atoms with E-state index < -0.39 is 0 Å². The van der Waals surface area contributed by atoms with Crippen molar-refractivity contribution in [3.05, 3.63) is 36.5 Å². The van der Waals surface area contributed by atoms with Crippen LogP contribution in [0.15, 0.2) is 36.5 Å². The summed E-state index contributed by atoms with van der Waals surface area (Å²) in [5, 5.41) is 7.33. The number of fused-ring (bicyclic) bond motifs is 1.